The van der Waals surface area contributed by atoms with Gasteiger partial charge in [0.05, 0.1) is 5.60 Å². The largest absolute Gasteiger partial charge is 0.389 e. The van der Waals surface area contributed by atoms with Gasteiger partial charge in [-0.25, -0.2) is 0 Å². The number of rotatable bonds is 2. The second-order valence-electron chi connectivity index (χ2n) is 6.51. The molecule has 1 atom stereocenters. The standard InChI is InChI=1S/C17H25NO/c1-18-10-3-8-17(19,9-11-18)13-14-6-7-15-4-2-5-16(15)12-14/h6-7,12,19H,2-5,8-11,13H2,1H3. The number of hydrogen-bond donors (Lipinski definition) is 1. The summed E-state index contributed by atoms with van der Waals surface area (Å²) < 4.78 is 0. The maximum Gasteiger partial charge on any atom is 0.0700 e. The fraction of sp³-hybridized carbons (Fsp3) is 0.647. The highest BCUT2D eigenvalue weighted by molar-refractivity contribution is 5.35. The molecule has 0 aromatic heterocycles. The van der Waals surface area contributed by atoms with Crippen LogP contribution in [0, 0.1) is 0 Å². The van der Waals surface area contributed by atoms with E-state index < -0.39 is 5.60 Å². The lowest BCUT2D eigenvalue weighted by Gasteiger charge is -2.27. The average Bonchev–Trinajstić information content (AvgIpc) is 2.77. The van der Waals surface area contributed by atoms with E-state index in [9.17, 15) is 5.11 Å². The highest BCUT2D eigenvalue weighted by atomic mass is 16.3. The van der Waals surface area contributed by atoms with Crippen molar-refractivity contribution in [1.29, 1.82) is 0 Å². The molecule has 2 aliphatic rings. The van der Waals surface area contributed by atoms with E-state index in [0.29, 0.717) is 0 Å². The number of aryl methyl sites for hydroxylation is 2. The Morgan fingerprint density at radius 2 is 1.95 bits per heavy atom. The van der Waals surface area contributed by atoms with Gasteiger partial charge < -0.3 is 10.0 Å². The number of benzene rings is 1. The minimum atomic E-state index is -0.488. The zero-order chi connectivity index (χ0) is 13.3. The van der Waals surface area contributed by atoms with E-state index >= 15 is 0 Å². The molecular weight excluding hydrogens is 234 g/mol. The lowest BCUT2D eigenvalue weighted by atomic mass is 9.87. The second kappa shape index (κ2) is 5.26. The summed E-state index contributed by atoms with van der Waals surface area (Å²) in [5.74, 6) is 0. The van der Waals surface area contributed by atoms with Gasteiger partial charge in [-0.15, -0.1) is 0 Å². The fourth-order valence-corrected chi connectivity index (χ4v) is 3.61. The highest BCUT2D eigenvalue weighted by Gasteiger charge is 2.29. The van der Waals surface area contributed by atoms with Crippen molar-refractivity contribution < 1.29 is 5.11 Å². The third kappa shape index (κ3) is 3.01. The predicted molar refractivity (Wildman–Crippen MR) is 78.5 cm³/mol. The molecule has 1 heterocycles. The summed E-state index contributed by atoms with van der Waals surface area (Å²) in [7, 11) is 2.15. The molecule has 1 aromatic carbocycles. The SMILES string of the molecule is CN1CCCC(O)(Cc2ccc3c(c2)CCC3)CC1. The summed E-state index contributed by atoms with van der Waals surface area (Å²) >= 11 is 0. The molecule has 0 amide bonds. The summed E-state index contributed by atoms with van der Waals surface area (Å²) in [6.07, 6.45) is 7.55. The topological polar surface area (TPSA) is 23.5 Å². The molecule has 1 saturated heterocycles. The zero-order valence-electron chi connectivity index (χ0n) is 12.0. The predicted octanol–water partition coefficient (Wildman–Crippen LogP) is 2.56. The third-order valence-corrected chi connectivity index (χ3v) is 4.84. The van der Waals surface area contributed by atoms with Gasteiger partial charge in [-0.1, -0.05) is 18.2 Å². The number of likely N-dealkylation sites (tertiary alicyclic amines) is 1. The van der Waals surface area contributed by atoms with E-state index in [4.69, 9.17) is 0 Å². The number of aliphatic hydroxyl groups is 1. The summed E-state index contributed by atoms with van der Waals surface area (Å²) in [5, 5.41) is 10.8. The lowest BCUT2D eigenvalue weighted by molar-refractivity contribution is 0.0263. The summed E-state index contributed by atoms with van der Waals surface area (Å²) in [6.45, 7) is 2.13. The first kappa shape index (κ1) is 13.1. The van der Waals surface area contributed by atoms with Gasteiger partial charge in [0.15, 0.2) is 0 Å². The third-order valence-electron chi connectivity index (χ3n) is 4.84. The van der Waals surface area contributed by atoms with Gasteiger partial charge in [0, 0.05) is 13.0 Å². The molecule has 0 spiro atoms. The van der Waals surface area contributed by atoms with E-state index in [0.717, 1.165) is 38.8 Å². The van der Waals surface area contributed by atoms with Gasteiger partial charge >= 0.3 is 0 Å². The van der Waals surface area contributed by atoms with Crippen molar-refractivity contribution in [3.63, 3.8) is 0 Å². The molecule has 1 unspecified atom stereocenters. The van der Waals surface area contributed by atoms with E-state index in [1.54, 1.807) is 0 Å². The Bertz CT molecular complexity index is 457. The number of fused-ring (bicyclic) bond motifs is 1. The maximum absolute atomic E-state index is 10.8. The first-order chi connectivity index (χ1) is 9.15. The molecule has 1 fully saturated rings. The minimum absolute atomic E-state index is 0.488. The van der Waals surface area contributed by atoms with Crippen LogP contribution in [0.1, 0.15) is 42.4 Å². The molecule has 1 N–H and O–H groups in total. The van der Waals surface area contributed by atoms with Crippen LogP contribution in [0.4, 0.5) is 0 Å². The molecule has 3 rings (SSSR count). The Hall–Kier alpha value is -0.860. The Morgan fingerprint density at radius 1 is 1.11 bits per heavy atom. The van der Waals surface area contributed by atoms with Crippen LogP contribution in [-0.2, 0) is 19.3 Å². The molecule has 0 bridgehead atoms. The Labute approximate surface area is 116 Å². The first-order valence-electron chi connectivity index (χ1n) is 7.66. The quantitative estimate of drug-likeness (QED) is 0.882. The molecule has 0 radical (unpaired) electrons. The normalized spacial score (nSPS) is 28.1. The molecule has 2 nitrogen and oxygen atoms in total. The van der Waals surface area contributed by atoms with Crippen molar-refractivity contribution >= 4 is 0 Å². The van der Waals surface area contributed by atoms with Gasteiger partial charge in [-0.2, -0.15) is 0 Å². The van der Waals surface area contributed by atoms with Crippen molar-refractivity contribution in [3.8, 4) is 0 Å². The summed E-state index contributed by atoms with van der Waals surface area (Å²) in [6, 6.07) is 6.86. The van der Waals surface area contributed by atoms with Crippen LogP contribution in [0.3, 0.4) is 0 Å². The van der Waals surface area contributed by atoms with E-state index in [2.05, 4.69) is 30.1 Å². The van der Waals surface area contributed by atoms with E-state index in [-0.39, 0.29) is 0 Å². The lowest BCUT2D eigenvalue weighted by Crippen LogP contribution is -2.32. The minimum Gasteiger partial charge on any atom is -0.389 e. The Kier molecular flexibility index (Phi) is 3.64. The molecule has 1 aromatic rings. The second-order valence-corrected chi connectivity index (χ2v) is 6.51. The van der Waals surface area contributed by atoms with Crippen molar-refractivity contribution in [3.05, 3.63) is 34.9 Å². The molecule has 104 valence electrons. The van der Waals surface area contributed by atoms with Gasteiger partial charge in [0.1, 0.15) is 0 Å². The molecule has 1 aliphatic heterocycles. The highest BCUT2D eigenvalue weighted by Crippen LogP contribution is 2.29. The molecule has 2 heteroatoms. The Morgan fingerprint density at radius 3 is 2.84 bits per heavy atom. The summed E-state index contributed by atoms with van der Waals surface area (Å²) in [4.78, 5) is 2.33. The molecular formula is C17H25NO. The van der Waals surface area contributed by atoms with Crippen molar-refractivity contribution in [2.75, 3.05) is 20.1 Å². The van der Waals surface area contributed by atoms with Crippen LogP contribution >= 0.6 is 0 Å². The first-order valence-corrected chi connectivity index (χ1v) is 7.66. The van der Waals surface area contributed by atoms with Crippen LogP contribution in [0.2, 0.25) is 0 Å². The van der Waals surface area contributed by atoms with Gasteiger partial charge in [-0.05, 0) is 68.8 Å². The van der Waals surface area contributed by atoms with Crippen LogP contribution in [0.15, 0.2) is 18.2 Å². The van der Waals surface area contributed by atoms with Crippen molar-refractivity contribution in [2.45, 2.75) is 50.5 Å². The van der Waals surface area contributed by atoms with Crippen molar-refractivity contribution in [1.82, 2.24) is 4.90 Å². The Balaban J connectivity index is 1.73. The van der Waals surface area contributed by atoms with Crippen LogP contribution < -0.4 is 0 Å². The van der Waals surface area contributed by atoms with Crippen LogP contribution in [0.25, 0.3) is 0 Å². The van der Waals surface area contributed by atoms with E-state index in [1.807, 2.05) is 0 Å². The monoisotopic (exact) mass is 259 g/mol. The molecule has 1 aliphatic carbocycles. The van der Waals surface area contributed by atoms with Crippen molar-refractivity contribution in [2.24, 2.45) is 0 Å². The molecule has 19 heavy (non-hydrogen) atoms. The van der Waals surface area contributed by atoms with Gasteiger partial charge in [0.2, 0.25) is 0 Å². The maximum atomic E-state index is 10.8. The fourth-order valence-electron chi connectivity index (χ4n) is 3.61. The van der Waals surface area contributed by atoms with Gasteiger partial charge in [-0.3, -0.25) is 0 Å². The smallest absolute Gasteiger partial charge is 0.0700 e. The molecule has 0 saturated carbocycles. The van der Waals surface area contributed by atoms with E-state index in [1.165, 1.54) is 36.0 Å². The number of hydrogen-bond acceptors (Lipinski definition) is 2. The summed E-state index contributed by atoms with van der Waals surface area (Å²) in [5.41, 5.74) is 3.88. The van der Waals surface area contributed by atoms with Gasteiger partial charge in [0.25, 0.3) is 0 Å². The number of nitrogens with zero attached hydrogens (tertiary/aromatic N) is 1. The van der Waals surface area contributed by atoms with Crippen LogP contribution in [0.5, 0.6) is 0 Å². The average molecular weight is 259 g/mol. The van der Waals surface area contributed by atoms with Crippen LogP contribution in [-0.4, -0.2) is 35.7 Å². The zero-order valence-corrected chi connectivity index (χ0v) is 12.0.